The molecule has 0 bridgehead atoms. The van der Waals surface area contributed by atoms with Crippen LogP contribution in [0.15, 0.2) is 48.8 Å². The lowest BCUT2D eigenvalue weighted by atomic mass is 10.2. The van der Waals surface area contributed by atoms with Gasteiger partial charge in [-0.2, -0.15) is 0 Å². The Morgan fingerprint density at radius 3 is 2.27 bits per heavy atom. The number of urea groups is 1. The maximum absolute atomic E-state index is 11.9. The number of carbonyl (C=O) groups excluding carboxylic acids is 1. The molecule has 5 nitrogen and oxygen atoms in total. The molecular weight excluding hydrogens is 276 g/mol. The highest BCUT2D eigenvalue weighted by atomic mass is 16.2. The van der Waals surface area contributed by atoms with Gasteiger partial charge in [-0.3, -0.25) is 4.98 Å². The second-order valence-corrected chi connectivity index (χ2v) is 4.88. The molecule has 2 aromatic rings. The van der Waals surface area contributed by atoms with Crippen LogP contribution in [0.4, 0.5) is 16.2 Å². The van der Waals surface area contributed by atoms with Crippen molar-refractivity contribution in [2.45, 2.75) is 20.4 Å². The quantitative estimate of drug-likeness (QED) is 0.860. The summed E-state index contributed by atoms with van der Waals surface area (Å²) in [5.41, 5.74) is 2.96. The predicted molar refractivity (Wildman–Crippen MR) is 90.1 cm³/mol. The molecule has 116 valence electrons. The molecule has 0 aliphatic rings. The maximum atomic E-state index is 11.9. The monoisotopic (exact) mass is 298 g/mol. The van der Waals surface area contributed by atoms with Crippen molar-refractivity contribution in [1.29, 1.82) is 0 Å². The van der Waals surface area contributed by atoms with Crippen LogP contribution in [0.2, 0.25) is 0 Å². The molecule has 0 atom stereocenters. The lowest BCUT2D eigenvalue weighted by molar-refractivity contribution is 0.251. The van der Waals surface area contributed by atoms with Crippen molar-refractivity contribution in [2.24, 2.45) is 0 Å². The van der Waals surface area contributed by atoms with Crippen LogP contribution in [0.25, 0.3) is 0 Å². The first-order valence-corrected chi connectivity index (χ1v) is 7.51. The Balaban J connectivity index is 1.86. The summed E-state index contributed by atoms with van der Waals surface area (Å²) in [5, 5.41) is 5.65. The molecule has 2 N–H and O–H groups in total. The van der Waals surface area contributed by atoms with Gasteiger partial charge in [0.25, 0.3) is 0 Å². The van der Waals surface area contributed by atoms with Crippen molar-refractivity contribution in [3.63, 3.8) is 0 Å². The summed E-state index contributed by atoms with van der Waals surface area (Å²) in [6, 6.07) is 11.4. The van der Waals surface area contributed by atoms with E-state index >= 15 is 0 Å². The molecule has 5 heteroatoms. The van der Waals surface area contributed by atoms with E-state index < -0.39 is 0 Å². The molecule has 1 aromatic carbocycles. The Labute approximate surface area is 131 Å². The van der Waals surface area contributed by atoms with Crippen LogP contribution >= 0.6 is 0 Å². The van der Waals surface area contributed by atoms with E-state index in [2.05, 4.69) is 34.4 Å². The normalized spacial score (nSPS) is 10.1. The lowest BCUT2D eigenvalue weighted by Gasteiger charge is -2.21. The van der Waals surface area contributed by atoms with Crippen molar-refractivity contribution in [3.05, 3.63) is 54.4 Å². The fraction of sp³-hybridized carbons (Fsp3) is 0.294. The Bertz CT molecular complexity index is 579. The third-order valence-corrected chi connectivity index (χ3v) is 3.46. The number of amides is 2. The van der Waals surface area contributed by atoms with E-state index in [-0.39, 0.29) is 6.03 Å². The largest absolute Gasteiger partial charge is 0.372 e. The van der Waals surface area contributed by atoms with Gasteiger partial charge in [-0.25, -0.2) is 4.79 Å². The number of anilines is 2. The Morgan fingerprint density at radius 2 is 1.68 bits per heavy atom. The molecule has 0 aliphatic carbocycles. The van der Waals surface area contributed by atoms with Gasteiger partial charge in [0, 0.05) is 43.4 Å². The van der Waals surface area contributed by atoms with Gasteiger partial charge in [0.1, 0.15) is 0 Å². The van der Waals surface area contributed by atoms with Crippen molar-refractivity contribution in [1.82, 2.24) is 10.3 Å². The first kappa shape index (κ1) is 15.8. The summed E-state index contributed by atoms with van der Waals surface area (Å²) in [6.45, 7) is 6.67. The summed E-state index contributed by atoms with van der Waals surface area (Å²) in [4.78, 5) is 18.1. The van der Waals surface area contributed by atoms with Crippen molar-refractivity contribution in [2.75, 3.05) is 23.3 Å². The van der Waals surface area contributed by atoms with Crippen LogP contribution in [0.5, 0.6) is 0 Å². The number of carbonyl (C=O) groups is 1. The second-order valence-electron chi connectivity index (χ2n) is 4.88. The number of nitrogens with zero attached hydrogens (tertiary/aromatic N) is 2. The molecule has 0 saturated heterocycles. The van der Waals surface area contributed by atoms with Gasteiger partial charge < -0.3 is 15.5 Å². The Morgan fingerprint density at radius 1 is 1.05 bits per heavy atom. The molecule has 2 amide bonds. The highest BCUT2D eigenvalue weighted by Gasteiger charge is 2.04. The van der Waals surface area contributed by atoms with E-state index in [0.29, 0.717) is 6.54 Å². The van der Waals surface area contributed by atoms with Crippen LogP contribution in [-0.2, 0) is 6.54 Å². The SMILES string of the molecule is CCN(CC)c1ccc(NC(=O)NCc2ccncc2)cc1. The number of pyridine rings is 1. The molecule has 0 radical (unpaired) electrons. The number of hydrogen-bond donors (Lipinski definition) is 2. The zero-order valence-electron chi connectivity index (χ0n) is 13.0. The Hall–Kier alpha value is -2.56. The molecule has 22 heavy (non-hydrogen) atoms. The summed E-state index contributed by atoms with van der Waals surface area (Å²) in [7, 11) is 0. The number of hydrogen-bond acceptors (Lipinski definition) is 3. The van der Waals surface area contributed by atoms with Gasteiger partial charge >= 0.3 is 6.03 Å². The van der Waals surface area contributed by atoms with Crippen LogP contribution < -0.4 is 15.5 Å². The van der Waals surface area contributed by atoms with E-state index in [4.69, 9.17) is 0 Å². The number of benzene rings is 1. The van der Waals surface area contributed by atoms with Gasteiger partial charge in [-0.1, -0.05) is 0 Å². The summed E-state index contributed by atoms with van der Waals surface area (Å²) in [5.74, 6) is 0. The minimum Gasteiger partial charge on any atom is -0.372 e. The van der Waals surface area contributed by atoms with Crippen molar-refractivity contribution in [3.8, 4) is 0 Å². The van der Waals surface area contributed by atoms with E-state index in [1.165, 1.54) is 0 Å². The second kappa shape index (κ2) is 8.02. The van der Waals surface area contributed by atoms with E-state index in [1.54, 1.807) is 12.4 Å². The number of nitrogens with one attached hydrogen (secondary N) is 2. The van der Waals surface area contributed by atoms with Crippen LogP contribution in [-0.4, -0.2) is 24.1 Å². The van der Waals surface area contributed by atoms with Crippen molar-refractivity contribution >= 4 is 17.4 Å². The standard InChI is InChI=1S/C17H22N4O/c1-3-21(4-2)16-7-5-15(6-8-16)20-17(22)19-13-14-9-11-18-12-10-14/h5-12H,3-4,13H2,1-2H3,(H2,19,20,22). The molecule has 1 aromatic heterocycles. The predicted octanol–water partition coefficient (Wildman–Crippen LogP) is 3.25. The van der Waals surface area contributed by atoms with Crippen LogP contribution in [0, 0.1) is 0 Å². The molecule has 0 saturated carbocycles. The highest BCUT2D eigenvalue weighted by Crippen LogP contribution is 2.17. The van der Waals surface area contributed by atoms with Gasteiger partial charge in [0.2, 0.25) is 0 Å². The smallest absolute Gasteiger partial charge is 0.319 e. The third-order valence-electron chi connectivity index (χ3n) is 3.46. The molecule has 2 rings (SSSR count). The zero-order valence-corrected chi connectivity index (χ0v) is 13.0. The van der Waals surface area contributed by atoms with E-state index in [1.807, 2.05) is 36.4 Å². The molecule has 1 heterocycles. The fourth-order valence-corrected chi connectivity index (χ4v) is 2.20. The van der Waals surface area contributed by atoms with E-state index in [0.717, 1.165) is 30.0 Å². The summed E-state index contributed by atoms with van der Waals surface area (Å²) >= 11 is 0. The van der Waals surface area contributed by atoms with Crippen LogP contribution in [0.3, 0.4) is 0 Å². The van der Waals surface area contributed by atoms with E-state index in [9.17, 15) is 4.79 Å². The number of rotatable bonds is 6. The lowest BCUT2D eigenvalue weighted by Crippen LogP contribution is -2.28. The highest BCUT2D eigenvalue weighted by molar-refractivity contribution is 5.89. The average Bonchev–Trinajstić information content (AvgIpc) is 2.56. The third kappa shape index (κ3) is 4.48. The molecular formula is C17H22N4O. The first-order valence-electron chi connectivity index (χ1n) is 7.51. The average molecular weight is 298 g/mol. The topological polar surface area (TPSA) is 57.3 Å². The van der Waals surface area contributed by atoms with Gasteiger partial charge in [-0.05, 0) is 55.8 Å². The summed E-state index contributed by atoms with van der Waals surface area (Å²) in [6.07, 6.45) is 3.42. The first-order chi connectivity index (χ1) is 10.7. The molecule has 0 spiro atoms. The van der Waals surface area contributed by atoms with Crippen molar-refractivity contribution < 1.29 is 4.79 Å². The van der Waals surface area contributed by atoms with Gasteiger partial charge in [-0.15, -0.1) is 0 Å². The van der Waals surface area contributed by atoms with Gasteiger partial charge in [0.05, 0.1) is 0 Å². The maximum Gasteiger partial charge on any atom is 0.319 e. The minimum absolute atomic E-state index is 0.215. The number of aromatic nitrogens is 1. The minimum atomic E-state index is -0.215. The van der Waals surface area contributed by atoms with Gasteiger partial charge in [0.15, 0.2) is 0 Å². The zero-order chi connectivity index (χ0) is 15.8. The molecule has 0 aliphatic heterocycles. The van der Waals surface area contributed by atoms with Crippen LogP contribution in [0.1, 0.15) is 19.4 Å². The fourth-order valence-electron chi connectivity index (χ4n) is 2.20. The molecule has 0 unspecified atom stereocenters. The molecule has 0 fully saturated rings. The Kier molecular flexibility index (Phi) is 5.77. The summed E-state index contributed by atoms with van der Waals surface area (Å²) < 4.78 is 0.